The van der Waals surface area contributed by atoms with Crippen molar-refractivity contribution in [3.8, 4) is 5.75 Å². The molecule has 0 spiro atoms. The average Bonchev–Trinajstić information content (AvgIpc) is 2.51. The fourth-order valence-electron chi connectivity index (χ4n) is 2.06. The molecule has 2 aromatic rings. The Morgan fingerprint density at radius 2 is 1.87 bits per heavy atom. The molecule has 122 valence electrons. The second kappa shape index (κ2) is 8.53. The Bertz CT molecular complexity index is 629. The lowest BCUT2D eigenvalue weighted by atomic mass is 10.1. The van der Waals surface area contributed by atoms with Gasteiger partial charge in [0, 0.05) is 12.4 Å². The number of hydrogen-bond acceptors (Lipinski definition) is 5. The summed E-state index contributed by atoms with van der Waals surface area (Å²) >= 11 is 1.33. The number of benzene rings is 1. The van der Waals surface area contributed by atoms with Gasteiger partial charge in [0.05, 0.1) is 11.8 Å². The quantitative estimate of drug-likeness (QED) is 0.480. The predicted molar refractivity (Wildman–Crippen MR) is 91.8 cm³/mol. The van der Waals surface area contributed by atoms with Crippen LogP contribution in [0.15, 0.2) is 41.8 Å². The van der Waals surface area contributed by atoms with Crippen LogP contribution in [0.25, 0.3) is 0 Å². The summed E-state index contributed by atoms with van der Waals surface area (Å²) in [4.78, 5) is 20.2. The molecule has 0 aliphatic heterocycles. The van der Waals surface area contributed by atoms with Crippen molar-refractivity contribution in [1.82, 2.24) is 15.3 Å². The number of nitrogens with zero attached hydrogens (tertiary/aromatic N) is 2. The third-order valence-corrected chi connectivity index (χ3v) is 4.05. The Kier molecular flexibility index (Phi) is 6.40. The number of ether oxygens (including phenoxy) is 1. The molecule has 0 aliphatic carbocycles. The Morgan fingerprint density at radius 1 is 1.22 bits per heavy atom. The van der Waals surface area contributed by atoms with Gasteiger partial charge in [-0.1, -0.05) is 17.8 Å². The lowest BCUT2D eigenvalue weighted by molar-refractivity contribution is -0.120. The van der Waals surface area contributed by atoms with Gasteiger partial charge in [-0.05, 0) is 50.1 Å². The van der Waals surface area contributed by atoms with Crippen LogP contribution in [0.3, 0.4) is 0 Å². The van der Waals surface area contributed by atoms with Crippen LogP contribution in [0.2, 0.25) is 0 Å². The topological polar surface area (TPSA) is 64.1 Å². The molecule has 23 heavy (non-hydrogen) atoms. The molecule has 1 heterocycles. The second-order valence-electron chi connectivity index (χ2n) is 5.25. The van der Waals surface area contributed by atoms with E-state index in [1.165, 1.54) is 11.8 Å². The Hall–Kier alpha value is -2.08. The van der Waals surface area contributed by atoms with E-state index in [0.717, 1.165) is 16.9 Å². The van der Waals surface area contributed by atoms with E-state index in [4.69, 9.17) is 4.74 Å². The van der Waals surface area contributed by atoms with Gasteiger partial charge >= 0.3 is 0 Å². The van der Waals surface area contributed by atoms with E-state index in [1.54, 1.807) is 18.5 Å². The summed E-state index contributed by atoms with van der Waals surface area (Å²) in [5.41, 5.74) is 2.33. The summed E-state index contributed by atoms with van der Waals surface area (Å²) < 4.78 is 5.67. The van der Waals surface area contributed by atoms with Gasteiger partial charge in [0.2, 0.25) is 5.91 Å². The van der Waals surface area contributed by atoms with Gasteiger partial charge in [-0.25, -0.2) is 9.97 Å². The maximum Gasteiger partial charge on any atom is 0.233 e. The van der Waals surface area contributed by atoms with E-state index in [1.807, 2.05) is 32.9 Å². The molecule has 2 rings (SSSR count). The summed E-state index contributed by atoms with van der Waals surface area (Å²) in [6.45, 7) is 6.81. The second-order valence-corrected chi connectivity index (χ2v) is 6.56. The number of rotatable bonds is 7. The molecule has 0 radical (unpaired) electrons. The van der Waals surface area contributed by atoms with E-state index in [2.05, 4.69) is 21.4 Å². The zero-order valence-electron chi connectivity index (χ0n) is 13.6. The summed E-state index contributed by atoms with van der Waals surface area (Å²) in [7, 11) is 0. The first-order valence-corrected chi connectivity index (χ1v) is 8.35. The first-order valence-electron chi connectivity index (χ1n) is 7.47. The van der Waals surface area contributed by atoms with Gasteiger partial charge in [-0.15, -0.1) is 0 Å². The third kappa shape index (κ3) is 5.90. The lowest BCUT2D eigenvalue weighted by Gasteiger charge is -2.12. The van der Waals surface area contributed by atoms with E-state index >= 15 is 0 Å². The van der Waals surface area contributed by atoms with Crippen LogP contribution in [-0.4, -0.2) is 34.3 Å². The summed E-state index contributed by atoms with van der Waals surface area (Å²) in [5, 5.41) is 3.21. The Balaban J connectivity index is 1.72. The maximum atomic E-state index is 12.0. The molecule has 1 amide bonds. The molecule has 0 aliphatic rings. The first kappa shape index (κ1) is 17.3. The monoisotopic (exact) mass is 331 g/mol. The molecule has 1 aromatic carbocycles. The molecule has 1 N–H and O–H groups in total. The van der Waals surface area contributed by atoms with E-state index in [0.29, 0.717) is 18.3 Å². The van der Waals surface area contributed by atoms with Crippen molar-refractivity contribution in [2.75, 3.05) is 13.2 Å². The molecule has 0 bridgehead atoms. The number of hydrogen-bond donors (Lipinski definition) is 1. The highest BCUT2D eigenvalue weighted by Crippen LogP contribution is 2.18. The normalized spacial score (nSPS) is 11.8. The molecule has 6 heteroatoms. The van der Waals surface area contributed by atoms with Crippen molar-refractivity contribution >= 4 is 17.7 Å². The molecule has 0 saturated carbocycles. The molecular weight excluding hydrogens is 310 g/mol. The molecule has 0 saturated heterocycles. The highest BCUT2D eigenvalue weighted by Gasteiger charge is 2.15. The van der Waals surface area contributed by atoms with Gasteiger partial charge in [-0.3, -0.25) is 4.79 Å². The molecule has 1 unspecified atom stereocenters. The van der Waals surface area contributed by atoms with Crippen LogP contribution in [0, 0.1) is 13.8 Å². The fourth-order valence-corrected chi connectivity index (χ4v) is 2.81. The molecular formula is C17H21N3O2S. The number of nitrogens with one attached hydrogen (secondary N) is 1. The van der Waals surface area contributed by atoms with E-state index < -0.39 is 0 Å². The van der Waals surface area contributed by atoms with Gasteiger partial charge in [-0.2, -0.15) is 0 Å². The van der Waals surface area contributed by atoms with E-state index in [-0.39, 0.29) is 11.2 Å². The minimum Gasteiger partial charge on any atom is -0.492 e. The number of thioether (sulfide) groups is 1. The smallest absolute Gasteiger partial charge is 0.233 e. The SMILES string of the molecule is Cc1cc(C)cc(OCCNC(=O)C(C)Sc2ncccn2)c1. The third-order valence-electron chi connectivity index (χ3n) is 3.06. The summed E-state index contributed by atoms with van der Waals surface area (Å²) in [6.07, 6.45) is 3.33. The number of aromatic nitrogens is 2. The average molecular weight is 331 g/mol. The zero-order chi connectivity index (χ0) is 16.7. The van der Waals surface area contributed by atoms with Gasteiger partial charge in [0.1, 0.15) is 12.4 Å². The fraction of sp³-hybridized carbons (Fsp3) is 0.353. The largest absolute Gasteiger partial charge is 0.492 e. The number of amides is 1. The van der Waals surface area contributed by atoms with Crippen LogP contribution >= 0.6 is 11.8 Å². The Morgan fingerprint density at radius 3 is 2.52 bits per heavy atom. The van der Waals surface area contributed by atoms with E-state index in [9.17, 15) is 4.79 Å². The van der Waals surface area contributed by atoms with Crippen molar-refractivity contribution in [2.24, 2.45) is 0 Å². The minimum absolute atomic E-state index is 0.0496. The van der Waals surface area contributed by atoms with Crippen LogP contribution < -0.4 is 10.1 Å². The van der Waals surface area contributed by atoms with Gasteiger partial charge in [0.25, 0.3) is 0 Å². The summed E-state index contributed by atoms with van der Waals surface area (Å²) in [5.74, 6) is 0.781. The van der Waals surface area contributed by atoms with Gasteiger partial charge in [0.15, 0.2) is 5.16 Å². The molecule has 5 nitrogen and oxygen atoms in total. The zero-order valence-corrected chi connectivity index (χ0v) is 14.4. The van der Waals surface area contributed by atoms with Crippen molar-refractivity contribution in [2.45, 2.75) is 31.2 Å². The highest BCUT2D eigenvalue weighted by atomic mass is 32.2. The molecule has 1 aromatic heterocycles. The van der Waals surface area contributed by atoms with Crippen LogP contribution in [0.1, 0.15) is 18.1 Å². The number of carbonyl (C=O) groups is 1. The van der Waals surface area contributed by atoms with Crippen LogP contribution in [0.4, 0.5) is 0 Å². The maximum absolute atomic E-state index is 12.0. The van der Waals surface area contributed by atoms with Crippen LogP contribution in [-0.2, 0) is 4.79 Å². The molecule has 1 atom stereocenters. The first-order chi connectivity index (χ1) is 11.0. The van der Waals surface area contributed by atoms with Crippen molar-refractivity contribution < 1.29 is 9.53 Å². The summed E-state index contributed by atoms with van der Waals surface area (Å²) in [6, 6.07) is 7.82. The van der Waals surface area contributed by atoms with Crippen LogP contribution in [0.5, 0.6) is 5.75 Å². The number of carbonyl (C=O) groups excluding carboxylic acids is 1. The van der Waals surface area contributed by atoms with Crippen molar-refractivity contribution in [1.29, 1.82) is 0 Å². The van der Waals surface area contributed by atoms with Crippen molar-refractivity contribution in [3.63, 3.8) is 0 Å². The number of aryl methyl sites for hydroxylation is 2. The minimum atomic E-state index is -0.251. The standard InChI is InChI=1S/C17H21N3O2S/c1-12-9-13(2)11-15(10-12)22-8-7-18-16(21)14(3)23-17-19-5-4-6-20-17/h4-6,9-11,14H,7-8H2,1-3H3,(H,18,21). The Labute approximate surface area is 140 Å². The molecule has 0 fully saturated rings. The lowest BCUT2D eigenvalue weighted by Crippen LogP contribution is -2.34. The van der Waals surface area contributed by atoms with Gasteiger partial charge < -0.3 is 10.1 Å². The van der Waals surface area contributed by atoms with Crippen molar-refractivity contribution in [3.05, 3.63) is 47.8 Å². The highest BCUT2D eigenvalue weighted by molar-refractivity contribution is 8.00. The predicted octanol–water partition coefficient (Wildman–Crippen LogP) is 2.77.